The van der Waals surface area contributed by atoms with Crippen molar-refractivity contribution in [1.82, 2.24) is 19.4 Å². The van der Waals surface area contributed by atoms with E-state index >= 15 is 0 Å². The number of anilines is 2. The summed E-state index contributed by atoms with van der Waals surface area (Å²) in [6.07, 6.45) is 3.69. The van der Waals surface area contributed by atoms with Gasteiger partial charge in [0, 0.05) is 38.3 Å². The standard InChI is InChI=1S/C34H40N6O2S/c1-5-6-7-28-38-29-30(31-27(15-17-43-31)37-32(29)35)40(28)20-23-10-8-22(9-11-23)19-36-26-13-12-25-21-39(16-14-24(25)18-26)33(41)42-34(2,3)4/h8-13,15,17-18,36H,5-7,14,16,19-21H2,1-4H3,(H2,35,37). The first-order chi connectivity index (χ1) is 20.7. The second kappa shape index (κ2) is 11.9. The van der Waals surface area contributed by atoms with Crippen LogP contribution in [0.1, 0.15) is 68.6 Å². The number of hydrogen-bond acceptors (Lipinski definition) is 7. The Morgan fingerprint density at radius 3 is 2.63 bits per heavy atom. The van der Waals surface area contributed by atoms with Crippen LogP contribution in [0.4, 0.5) is 16.3 Å². The summed E-state index contributed by atoms with van der Waals surface area (Å²) in [4.78, 5) is 23.9. The number of nitrogens with one attached hydrogen (secondary N) is 1. The quantitative estimate of drug-likeness (QED) is 0.192. The first-order valence-electron chi connectivity index (χ1n) is 15.1. The number of carbonyl (C=O) groups is 1. The van der Waals surface area contributed by atoms with Gasteiger partial charge in [0.1, 0.15) is 16.9 Å². The van der Waals surface area contributed by atoms with Crippen molar-refractivity contribution in [3.8, 4) is 0 Å². The van der Waals surface area contributed by atoms with Crippen LogP contribution in [-0.4, -0.2) is 37.7 Å². The van der Waals surface area contributed by atoms with Gasteiger partial charge in [-0.05, 0) is 79.4 Å². The highest BCUT2D eigenvalue weighted by molar-refractivity contribution is 7.18. The molecule has 0 bridgehead atoms. The van der Waals surface area contributed by atoms with Crippen molar-refractivity contribution in [3.05, 3.63) is 82.0 Å². The minimum absolute atomic E-state index is 0.247. The molecule has 43 heavy (non-hydrogen) atoms. The number of hydrogen-bond donors (Lipinski definition) is 2. The molecule has 0 fully saturated rings. The van der Waals surface area contributed by atoms with E-state index in [1.165, 1.54) is 22.3 Å². The predicted molar refractivity (Wildman–Crippen MR) is 176 cm³/mol. The number of pyridine rings is 1. The maximum atomic E-state index is 12.5. The van der Waals surface area contributed by atoms with Gasteiger partial charge in [0.05, 0.1) is 15.7 Å². The minimum Gasteiger partial charge on any atom is -0.444 e. The van der Waals surface area contributed by atoms with Gasteiger partial charge in [0.2, 0.25) is 0 Å². The van der Waals surface area contributed by atoms with E-state index in [-0.39, 0.29) is 6.09 Å². The Kier molecular flexibility index (Phi) is 8.01. The lowest BCUT2D eigenvalue weighted by atomic mass is 9.99. The molecular formula is C34H40N6O2S. The number of ether oxygens (including phenoxy) is 1. The smallest absolute Gasteiger partial charge is 0.410 e. The number of carbonyl (C=O) groups excluding carboxylic acids is 1. The summed E-state index contributed by atoms with van der Waals surface area (Å²) in [6.45, 7) is 10.6. The number of aromatic nitrogens is 3. The molecule has 1 aliphatic rings. The van der Waals surface area contributed by atoms with Gasteiger partial charge in [0.25, 0.3) is 0 Å². The van der Waals surface area contributed by atoms with Crippen LogP contribution in [0.2, 0.25) is 0 Å². The van der Waals surface area contributed by atoms with E-state index < -0.39 is 5.60 Å². The number of fused-ring (bicyclic) bond motifs is 4. The average molecular weight is 597 g/mol. The molecule has 5 aromatic rings. The van der Waals surface area contributed by atoms with Gasteiger partial charge in [0.15, 0.2) is 5.82 Å². The molecule has 1 amide bonds. The molecule has 9 heteroatoms. The first-order valence-corrected chi connectivity index (χ1v) is 16.0. The van der Waals surface area contributed by atoms with E-state index in [4.69, 9.17) is 15.5 Å². The molecule has 2 aromatic carbocycles. The maximum absolute atomic E-state index is 12.5. The Hall–Kier alpha value is -4.11. The van der Waals surface area contributed by atoms with Gasteiger partial charge in [-0.25, -0.2) is 14.8 Å². The van der Waals surface area contributed by atoms with E-state index in [1.54, 1.807) is 16.2 Å². The number of nitrogen functional groups attached to an aromatic ring is 1. The molecule has 0 saturated carbocycles. The van der Waals surface area contributed by atoms with Crippen molar-refractivity contribution in [1.29, 1.82) is 0 Å². The molecule has 3 aromatic heterocycles. The summed E-state index contributed by atoms with van der Waals surface area (Å²) in [6, 6.07) is 17.3. The average Bonchev–Trinajstić information content (AvgIpc) is 3.59. The largest absolute Gasteiger partial charge is 0.444 e. The molecule has 0 unspecified atom stereocenters. The van der Waals surface area contributed by atoms with Crippen molar-refractivity contribution >= 4 is 50.2 Å². The molecular weight excluding hydrogens is 556 g/mol. The van der Waals surface area contributed by atoms with E-state index in [0.29, 0.717) is 18.9 Å². The lowest BCUT2D eigenvalue weighted by Crippen LogP contribution is -2.39. The molecule has 0 spiro atoms. The van der Waals surface area contributed by atoms with Crippen LogP contribution in [0.15, 0.2) is 53.9 Å². The molecule has 1 aliphatic heterocycles. The SMILES string of the molecule is CCCCc1nc2c(N)nc3ccsc3c2n1Cc1ccc(CNc2ccc3c(c2)CCN(C(=O)OC(C)(C)C)C3)cc1. The van der Waals surface area contributed by atoms with Gasteiger partial charge < -0.3 is 25.3 Å². The zero-order valence-electron chi connectivity index (χ0n) is 25.4. The Balaban J connectivity index is 1.13. The third-order valence-electron chi connectivity index (χ3n) is 7.87. The van der Waals surface area contributed by atoms with Crippen LogP contribution in [0.5, 0.6) is 0 Å². The summed E-state index contributed by atoms with van der Waals surface area (Å²) < 4.78 is 9.04. The third kappa shape index (κ3) is 6.32. The van der Waals surface area contributed by atoms with Gasteiger partial charge >= 0.3 is 6.09 Å². The topological polar surface area (TPSA) is 98.3 Å². The van der Waals surface area contributed by atoms with Crippen LogP contribution in [0.3, 0.4) is 0 Å². The Morgan fingerprint density at radius 1 is 1.07 bits per heavy atom. The second-order valence-electron chi connectivity index (χ2n) is 12.4. The van der Waals surface area contributed by atoms with Crippen LogP contribution in [0.25, 0.3) is 21.3 Å². The van der Waals surface area contributed by atoms with Crippen molar-refractivity contribution in [2.45, 2.75) is 78.6 Å². The monoisotopic (exact) mass is 596 g/mol. The fraction of sp³-hybridized carbons (Fsp3) is 0.382. The predicted octanol–water partition coefficient (Wildman–Crippen LogP) is 7.52. The molecule has 4 heterocycles. The molecule has 0 atom stereocenters. The summed E-state index contributed by atoms with van der Waals surface area (Å²) in [7, 11) is 0. The number of imidazole rings is 1. The number of nitrogens with two attached hydrogens (primary N) is 1. The maximum Gasteiger partial charge on any atom is 0.410 e. The van der Waals surface area contributed by atoms with E-state index in [9.17, 15) is 4.79 Å². The van der Waals surface area contributed by atoms with Gasteiger partial charge in [-0.2, -0.15) is 0 Å². The van der Waals surface area contributed by atoms with Crippen molar-refractivity contribution in [2.75, 3.05) is 17.6 Å². The van der Waals surface area contributed by atoms with Crippen molar-refractivity contribution in [3.63, 3.8) is 0 Å². The fourth-order valence-electron chi connectivity index (χ4n) is 5.65. The first kappa shape index (κ1) is 29.0. The fourth-order valence-corrected chi connectivity index (χ4v) is 6.53. The Morgan fingerprint density at radius 2 is 1.86 bits per heavy atom. The normalized spacial score (nSPS) is 13.4. The molecule has 6 rings (SSSR count). The number of benzene rings is 2. The Bertz CT molecular complexity index is 1770. The molecule has 0 saturated heterocycles. The number of thiophene rings is 1. The number of amides is 1. The summed E-state index contributed by atoms with van der Waals surface area (Å²) in [5.41, 5.74) is 14.7. The Labute approximate surface area is 256 Å². The highest BCUT2D eigenvalue weighted by Crippen LogP contribution is 2.33. The van der Waals surface area contributed by atoms with Gasteiger partial charge in [-0.15, -0.1) is 11.3 Å². The summed E-state index contributed by atoms with van der Waals surface area (Å²) in [5, 5.41) is 5.65. The third-order valence-corrected chi connectivity index (χ3v) is 8.78. The number of nitrogens with zero attached hydrogens (tertiary/aromatic N) is 4. The zero-order valence-corrected chi connectivity index (χ0v) is 26.3. The zero-order chi connectivity index (χ0) is 30.1. The van der Waals surface area contributed by atoms with Gasteiger partial charge in [-0.3, -0.25) is 0 Å². The number of unbranched alkanes of at least 4 members (excludes halogenated alkanes) is 1. The summed E-state index contributed by atoms with van der Waals surface area (Å²) in [5.74, 6) is 1.57. The van der Waals surface area contributed by atoms with Crippen LogP contribution in [-0.2, 0) is 37.2 Å². The lowest BCUT2D eigenvalue weighted by molar-refractivity contribution is 0.0224. The van der Waals surface area contributed by atoms with Gasteiger partial charge in [-0.1, -0.05) is 43.7 Å². The van der Waals surface area contributed by atoms with E-state index in [2.05, 4.69) is 69.6 Å². The van der Waals surface area contributed by atoms with Crippen LogP contribution >= 0.6 is 11.3 Å². The number of aryl methyl sites for hydroxylation is 1. The van der Waals surface area contributed by atoms with E-state index in [0.717, 1.165) is 71.5 Å². The molecule has 0 radical (unpaired) electrons. The molecule has 3 N–H and O–H groups in total. The van der Waals surface area contributed by atoms with Crippen molar-refractivity contribution in [2.24, 2.45) is 0 Å². The molecule has 0 aliphatic carbocycles. The highest BCUT2D eigenvalue weighted by atomic mass is 32.1. The highest BCUT2D eigenvalue weighted by Gasteiger charge is 2.26. The van der Waals surface area contributed by atoms with E-state index in [1.807, 2.05) is 26.8 Å². The minimum atomic E-state index is -0.488. The second-order valence-corrected chi connectivity index (χ2v) is 13.3. The molecule has 8 nitrogen and oxygen atoms in total. The van der Waals surface area contributed by atoms with Crippen LogP contribution < -0.4 is 11.1 Å². The number of rotatable bonds is 8. The molecule has 224 valence electrons. The lowest BCUT2D eigenvalue weighted by Gasteiger charge is -2.31. The summed E-state index contributed by atoms with van der Waals surface area (Å²) >= 11 is 1.70. The van der Waals surface area contributed by atoms with Crippen molar-refractivity contribution < 1.29 is 9.53 Å². The van der Waals surface area contributed by atoms with Crippen LogP contribution in [0, 0.1) is 0 Å².